The van der Waals surface area contributed by atoms with Gasteiger partial charge in [-0.05, 0) is 25.8 Å². The summed E-state index contributed by atoms with van der Waals surface area (Å²) >= 11 is 0. The van der Waals surface area contributed by atoms with Gasteiger partial charge >= 0.3 is 0 Å². The van der Waals surface area contributed by atoms with E-state index in [0.29, 0.717) is 0 Å². The van der Waals surface area contributed by atoms with Crippen molar-refractivity contribution in [3.8, 4) is 0 Å². The second-order valence-corrected chi connectivity index (χ2v) is 2.08. The molecule has 0 atom stereocenters. The first-order valence-electron chi connectivity index (χ1n) is 3.46. The predicted molar refractivity (Wildman–Crippen MR) is 43.0 cm³/mol. The molecule has 0 aromatic rings. The summed E-state index contributed by atoms with van der Waals surface area (Å²) in [5.41, 5.74) is 8.70. The molecule has 0 saturated heterocycles. The molecule has 0 aliphatic carbocycles. The van der Waals surface area contributed by atoms with Crippen LogP contribution >= 0.6 is 0 Å². The number of allylic oxidation sites excluding steroid dienone is 4. The second kappa shape index (κ2) is 4.91. The van der Waals surface area contributed by atoms with Gasteiger partial charge in [0.2, 0.25) is 0 Å². The van der Waals surface area contributed by atoms with Crippen LogP contribution in [0.4, 0.5) is 0 Å². The molecule has 0 amide bonds. The van der Waals surface area contributed by atoms with Crippen LogP contribution in [0.2, 0.25) is 0 Å². The molecule has 0 heterocycles. The van der Waals surface area contributed by atoms with Crippen LogP contribution in [0.5, 0.6) is 0 Å². The minimum Gasteiger partial charge on any atom is -0.205 e. The Labute approximate surface area is 62.2 Å². The minimum absolute atomic E-state index is 0.806. The van der Waals surface area contributed by atoms with Gasteiger partial charge in [-0.15, -0.1) is 0 Å². The third kappa shape index (κ3) is 2.58. The molecule has 0 aliphatic heterocycles. The molecule has 0 bridgehead atoms. The highest BCUT2D eigenvalue weighted by molar-refractivity contribution is 5.22. The number of hydrogen-bond donors (Lipinski definition) is 1. The average Bonchev–Trinajstić information content (AvgIpc) is 1.99. The van der Waals surface area contributed by atoms with Crippen molar-refractivity contribution < 1.29 is 0 Å². The number of nitrogens with zero attached hydrogens (tertiary/aromatic N) is 1. The fourth-order valence-corrected chi connectivity index (χ4v) is 0.767. The first kappa shape index (κ1) is 9.08. The van der Waals surface area contributed by atoms with E-state index >= 15 is 0 Å². The highest BCUT2D eigenvalue weighted by atomic mass is 15.0. The Bertz CT molecular complexity index is 166. The molecule has 0 aromatic carbocycles. The highest BCUT2D eigenvalue weighted by Gasteiger charge is 1.92. The Balaban J connectivity index is 4.44. The van der Waals surface area contributed by atoms with Crippen LogP contribution in [-0.2, 0) is 0 Å². The lowest BCUT2D eigenvalue weighted by atomic mass is 10.1. The van der Waals surface area contributed by atoms with Gasteiger partial charge < -0.3 is 0 Å². The molecule has 0 rings (SSSR count). The summed E-state index contributed by atoms with van der Waals surface area (Å²) in [6.07, 6.45) is 4.90. The summed E-state index contributed by atoms with van der Waals surface area (Å²) in [5.74, 6) is 0. The minimum atomic E-state index is 0.806. The summed E-state index contributed by atoms with van der Waals surface area (Å²) < 4.78 is 0. The van der Waals surface area contributed by atoms with Gasteiger partial charge in [-0.2, -0.15) is 5.11 Å². The Hall–Kier alpha value is -0.920. The molecule has 2 heteroatoms. The molecule has 1 N–H and O–H groups in total. The molecule has 0 aromatic heterocycles. The lowest BCUT2D eigenvalue weighted by molar-refractivity contribution is 0.997. The van der Waals surface area contributed by atoms with Crippen LogP contribution < -0.4 is 0 Å². The molecule has 0 fully saturated rings. The van der Waals surface area contributed by atoms with Crippen molar-refractivity contribution in [2.75, 3.05) is 0 Å². The van der Waals surface area contributed by atoms with Crippen molar-refractivity contribution >= 4 is 0 Å². The maximum Gasteiger partial charge on any atom is 0.0624 e. The van der Waals surface area contributed by atoms with Crippen LogP contribution in [0.15, 0.2) is 28.5 Å². The van der Waals surface area contributed by atoms with E-state index in [9.17, 15) is 0 Å². The van der Waals surface area contributed by atoms with Gasteiger partial charge in [0.25, 0.3) is 0 Å². The molecule has 10 heavy (non-hydrogen) atoms. The largest absolute Gasteiger partial charge is 0.205 e. The van der Waals surface area contributed by atoms with Gasteiger partial charge in [0.1, 0.15) is 0 Å². The lowest BCUT2D eigenvalue weighted by Crippen LogP contribution is -1.78. The van der Waals surface area contributed by atoms with Crippen molar-refractivity contribution in [3.63, 3.8) is 0 Å². The molecular weight excluding hydrogens is 124 g/mol. The highest BCUT2D eigenvalue weighted by Crippen LogP contribution is 2.10. The summed E-state index contributed by atoms with van der Waals surface area (Å²) in [5, 5.41) is 3.36. The molecule has 56 valence electrons. The fraction of sp³-hybridized carbons (Fsp3) is 0.500. The first-order chi connectivity index (χ1) is 4.76. The van der Waals surface area contributed by atoms with E-state index < -0.39 is 0 Å². The van der Waals surface area contributed by atoms with E-state index in [4.69, 9.17) is 5.53 Å². The van der Waals surface area contributed by atoms with E-state index in [0.717, 1.165) is 17.7 Å². The monoisotopic (exact) mass is 138 g/mol. The molecule has 0 unspecified atom stereocenters. The van der Waals surface area contributed by atoms with Crippen LogP contribution in [0.1, 0.15) is 27.2 Å². The Kier molecular flexibility index (Phi) is 4.46. The third-order valence-corrected chi connectivity index (χ3v) is 1.38. The summed E-state index contributed by atoms with van der Waals surface area (Å²) in [4.78, 5) is 0. The van der Waals surface area contributed by atoms with Gasteiger partial charge in [0, 0.05) is 0 Å². The lowest BCUT2D eigenvalue weighted by Gasteiger charge is -1.97. The van der Waals surface area contributed by atoms with E-state index in [1.165, 1.54) is 0 Å². The number of rotatable bonds is 3. The van der Waals surface area contributed by atoms with Crippen molar-refractivity contribution in [1.82, 2.24) is 0 Å². The molecule has 0 aliphatic rings. The topological polar surface area (TPSA) is 36.2 Å². The first-order valence-corrected chi connectivity index (χ1v) is 3.46. The van der Waals surface area contributed by atoms with E-state index in [1.54, 1.807) is 0 Å². The fourth-order valence-electron chi connectivity index (χ4n) is 0.767. The Morgan fingerprint density at radius 1 is 1.60 bits per heavy atom. The van der Waals surface area contributed by atoms with Crippen molar-refractivity contribution in [3.05, 3.63) is 23.4 Å². The maximum absolute atomic E-state index is 6.75. The maximum atomic E-state index is 6.75. The molecule has 0 saturated carbocycles. The van der Waals surface area contributed by atoms with E-state index in [-0.39, 0.29) is 0 Å². The van der Waals surface area contributed by atoms with Gasteiger partial charge in [-0.1, -0.05) is 19.1 Å². The van der Waals surface area contributed by atoms with Gasteiger partial charge in [0.15, 0.2) is 0 Å². The quantitative estimate of drug-likeness (QED) is 0.459. The zero-order chi connectivity index (χ0) is 7.98. The predicted octanol–water partition coefficient (Wildman–Crippen LogP) is 3.28. The van der Waals surface area contributed by atoms with Crippen LogP contribution in [0.25, 0.3) is 0 Å². The third-order valence-electron chi connectivity index (χ3n) is 1.38. The smallest absolute Gasteiger partial charge is 0.0624 e. The SMILES string of the molecule is C/C=C\C(CC)=C(\C)N=N. The van der Waals surface area contributed by atoms with Crippen molar-refractivity contribution in [1.29, 1.82) is 5.53 Å². The van der Waals surface area contributed by atoms with Crippen LogP contribution in [0, 0.1) is 5.53 Å². The molecular formula is C8H14N2. The van der Waals surface area contributed by atoms with Gasteiger partial charge in [-0.25, -0.2) is 5.53 Å². The number of hydrogen-bond acceptors (Lipinski definition) is 2. The normalized spacial score (nSPS) is 13.5. The van der Waals surface area contributed by atoms with E-state index in [1.807, 2.05) is 26.0 Å². The zero-order valence-corrected chi connectivity index (χ0v) is 6.81. The molecule has 2 nitrogen and oxygen atoms in total. The Morgan fingerprint density at radius 2 is 2.20 bits per heavy atom. The van der Waals surface area contributed by atoms with Crippen molar-refractivity contribution in [2.45, 2.75) is 27.2 Å². The Morgan fingerprint density at radius 3 is 2.50 bits per heavy atom. The zero-order valence-electron chi connectivity index (χ0n) is 6.81. The van der Waals surface area contributed by atoms with Crippen LogP contribution in [-0.4, -0.2) is 0 Å². The average molecular weight is 138 g/mol. The van der Waals surface area contributed by atoms with Crippen LogP contribution in [0.3, 0.4) is 0 Å². The van der Waals surface area contributed by atoms with Crippen molar-refractivity contribution in [2.24, 2.45) is 5.11 Å². The summed E-state index contributed by atoms with van der Waals surface area (Å²) in [7, 11) is 0. The number of nitrogens with one attached hydrogen (secondary N) is 1. The summed E-state index contributed by atoms with van der Waals surface area (Å²) in [6.45, 7) is 5.88. The standard InChI is InChI=1S/C8H14N2/c1-4-6-8(5-2)7(3)10-9/h4,6,9H,5H2,1-3H3/b6-4-,8-7-,10-9?. The van der Waals surface area contributed by atoms with E-state index in [2.05, 4.69) is 12.0 Å². The summed E-state index contributed by atoms with van der Waals surface area (Å²) in [6, 6.07) is 0. The molecule has 0 radical (unpaired) electrons. The molecule has 0 spiro atoms. The second-order valence-electron chi connectivity index (χ2n) is 2.08. The van der Waals surface area contributed by atoms with Gasteiger partial charge in [0.05, 0.1) is 5.70 Å². The van der Waals surface area contributed by atoms with Gasteiger partial charge in [-0.3, -0.25) is 0 Å².